The van der Waals surface area contributed by atoms with Gasteiger partial charge in [0.2, 0.25) is 0 Å². The van der Waals surface area contributed by atoms with Gasteiger partial charge in [-0.1, -0.05) is 32.0 Å². The molecule has 2 aromatic carbocycles. The van der Waals surface area contributed by atoms with Gasteiger partial charge in [0.25, 0.3) is 5.91 Å². The van der Waals surface area contributed by atoms with Gasteiger partial charge in [0, 0.05) is 16.9 Å². The Hall–Kier alpha value is -2.29. The van der Waals surface area contributed by atoms with Crippen LogP contribution in [-0.4, -0.2) is 5.91 Å². The fourth-order valence-electron chi connectivity index (χ4n) is 1.99. The monoisotopic (exact) mass is 268 g/mol. The number of benzene rings is 2. The molecule has 0 aliphatic heterocycles. The highest BCUT2D eigenvalue weighted by molar-refractivity contribution is 6.04. The van der Waals surface area contributed by atoms with Gasteiger partial charge in [0.15, 0.2) is 0 Å². The molecule has 0 saturated carbocycles. The van der Waals surface area contributed by atoms with E-state index in [-0.39, 0.29) is 5.91 Å². The molecule has 0 aliphatic carbocycles. The van der Waals surface area contributed by atoms with E-state index in [9.17, 15) is 4.79 Å². The van der Waals surface area contributed by atoms with Gasteiger partial charge in [0.1, 0.15) is 0 Å². The average molecular weight is 268 g/mol. The van der Waals surface area contributed by atoms with Crippen molar-refractivity contribution in [1.82, 2.24) is 0 Å². The minimum atomic E-state index is -0.117. The number of amides is 1. The first kappa shape index (κ1) is 14.1. The van der Waals surface area contributed by atoms with E-state index in [2.05, 4.69) is 19.2 Å². The molecule has 3 N–H and O–H groups in total. The first-order valence-corrected chi connectivity index (χ1v) is 6.75. The number of carbonyl (C=O) groups is 1. The third-order valence-electron chi connectivity index (χ3n) is 3.35. The summed E-state index contributed by atoms with van der Waals surface area (Å²) in [5.74, 6) is 0.345. The number of hydrogen-bond acceptors (Lipinski definition) is 2. The minimum Gasteiger partial charge on any atom is -0.399 e. The second-order valence-corrected chi connectivity index (χ2v) is 5.31. The molecule has 0 aliphatic rings. The van der Waals surface area contributed by atoms with Gasteiger partial charge in [-0.3, -0.25) is 4.79 Å². The number of nitrogens with one attached hydrogen (secondary N) is 1. The van der Waals surface area contributed by atoms with E-state index in [1.807, 2.05) is 43.3 Å². The molecule has 0 aromatic heterocycles. The molecule has 0 atom stereocenters. The number of anilines is 2. The standard InChI is InChI=1S/C17H20N2O/c1-11(2)13-5-7-14(8-6-13)17(20)19-16-10-15(18)9-4-12(16)3/h4-11H,18H2,1-3H3,(H,19,20). The first-order chi connectivity index (χ1) is 9.47. The van der Waals surface area contributed by atoms with E-state index >= 15 is 0 Å². The third kappa shape index (κ3) is 3.18. The molecule has 0 unspecified atom stereocenters. The number of carbonyl (C=O) groups excluding carboxylic acids is 1. The quantitative estimate of drug-likeness (QED) is 0.828. The van der Waals surface area contributed by atoms with Crippen LogP contribution in [0.4, 0.5) is 11.4 Å². The lowest BCUT2D eigenvalue weighted by molar-refractivity contribution is 0.102. The fraction of sp³-hybridized carbons (Fsp3) is 0.235. The Morgan fingerprint density at radius 3 is 2.35 bits per heavy atom. The molecule has 0 heterocycles. The summed E-state index contributed by atoms with van der Waals surface area (Å²) >= 11 is 0. The van der Waals surface area contributed by atoms with Gasteiger partial charge < -0.3 is 11.1 Å². The molecule has 0 fully saturated rings. The van der Waals surface area contributed by atoms with Crippen LogP contribution in [0.3, 0.4) is 0 Å². The van der Waals surface area contributed by atoms with Crippen LogP contribution in [0, 0.1) is 6.92 Å². The molecule has 0 spiro atoms. The van der Waals surface area contributed by atoms with Gasteiger partial charge in [-0.25, -0.2) is 0 Å². The maximum atomic E-state index is 12.2. The first-order valence-electron chi connectivity index (χ1n) is 6.75. The minimum absolute atomic E-state index is 0.117. The zero-order valence-corrected chi connectivity index (χ0v) is 12.1. The lowest BCUT2D eigenvalue weighted by Gasteiger charge is -2.10. The van der Waals surface area contributed by atoms with Crippen molar-refractivity contribution in [3.8, 4) is 0 Å². The van der Waals surface area contributed by atoms with Crippen LogP contribution < -0.4 is 11.1 Å². The molecule has 3 heteroatoms. The molecule has 1 amide bonds. The van der Waals surface area contributed by atoms with Crippen molar-refractivity contribution in [2.45, 2.75) is 26.7 Å². The lowest BCUT2D eigenvalue weighted by Crippen LogP contribution is -2.13. The predicted octanol–water partition coefficient (Wildman–Crippen LogP) is 3.95. The van der Waals surface area contributed by atoms with E-state index in [0.717, 1.165) is 11.3 Å². The normalized spacial score (nSPS) is 10.6. The molecule has 2 rings (SSSR count). The molecular formula is C17H20N2O. The summed E-state index contributed by atoms with van der Waals surface area (Å²) in [7, 11) is 0. The Kier molecular flexibility index (Phi) is 4.08. The maximum absolute atomic E-state index is 12.2. The predicted molar refractivity (Wildman–Crippen MR) is 84.1 cm³/mol. The van der Waals surface area contributed by atoms with Crippen LogP contribution >= 0.6 is 0 Å². The van der Waals surface area contributed by atoms with Crippen LogP contribution in [0.5, 0.6) is 0 Å². The fourth-order valence-corrected chi connectivity index (χ4v) is 1.99. The Morgan fingerprint density at radius 2 is 1.75 bits per heavy atom. The molecular weight excluding hydrogens is 248 g/mol. The van der Waals surface area contributed by atoms with Gasteiger partial charge in [0.05, 0.1) is 0 Å². The summed E-state index contributed by atoms with van der Waals surface area (Å²) in [4.78, 5) is 12.2. The van der Waals surface area contributed by atoms with Crippen LogP contribution in [0.15, 0.2) is 42.5 Å². The van der Waals surface area contributed by atoms with Crippen molar-refractivity contribution in [1.29, 1.82) is 0 Å². The second kappa shape index (κ2) is 5.78. The van der Waals surface area contributed by atoms with E-state index in [0.29, 0.717) is 17.2 Å². The molecule has 2 aromatic rings. The van der Waals surface area contributed by atoms with Crippen molar-refractivity contribution in [2.24, 2.45) is 0 Å². The SMILES string of the molecule is Cc1ccc(N)cc1NC(=O)c1ccc(C(C)C)cc1. The number of rotatable bonds is 3. The summed E-state index contributed by atoms with van der Waals surface area (Å²) in [6.45, 7) is 6.20. The number of nitrogen functional groups attached to an aromatic ring is 1. The van der Waals surface area contributed by atoms with Crippen molar-refractivity contribution in [2.75, 3.05) is 11.1 Å². The molecule has 20 heavy (non-hydrogen) atoms. The third-order valence-corrected chi connectivity index (χ3v) is 3.35. The van der Waals surface area contributed by atoms with E-state index in [1.54, 1.807) is 6.07 Å². The van der Waals surface area contributed by atoms with E-state index < -0.39 is 0 Å². The van der Waals surface area contributed by atoms with Crippen LogP contribution in [0.25, 0.3) is 0 Å². The van der Waals surface area contributed by atoms with Crippen molar-refractivity contribution < 1.29 is 4.79 Å². The Balaban J connectivity index is 2.17. The van der Waals surface area contributed by atoms with Gasteiger partial charge in [-0.05, 0) is 48.2 Å². The van der Waals surface area contributed by atoms with Crippen molar-refractivity contribution in [3.05, 3.63) is 59.2 Å². The number of aryl methyl sites for hydroxylation is 1. The highest BCUT2D eigenvalue weighted by atomic mass is 16.1. The Labute approximate surface area is 119 Å². The summed E-state index contributed by atoms with van der Waals surface area (Å²) in [5.41, 5.74) is 10.0. The largest absolute Gasteiger partial charge is 0.399 e. The van der Waals surface area contributed by atoms with Gasteiger partial charge in [-0.2, -0.15) is 0 Å². The van der Waals surface area contributed by atoms with E-state index in [4.69, 9.17) is 5.73 Å². The molecule has 0 bridgehead atoms. The molecule has 0 radical (unpaired) electrons. The number of nitrogens with two attached hydrogens (primary N) is 1. The van der Waals surface area contributed by atoms with Crippen LogP contribution in [-0.2, 0) is 0 Å². The molecule has 0 saturated heterocycles. The molecule has 3 nitrogen and oxygen atoms in total. The van der Waals surface area contributed by atoms with Crippen molar-refractivity contribution >= 4 is 17.3 Å². The lowest BCUT2D eigenvalue weighted by atomic mass is 10.0. The van der Waals surface area contributed by atoms with Gasteiger partial charge in [-0.15, -0.1) is 0 Å². The smallest absolute Gasteiger partial charge is 0.255 e. The number of hydrogen-bond donors (Lipinski definition) is 2. The van der Waals surface area contributed by atoms with Crippen LogP contribution in [0.1, 0.15) is 41.3 Å². The average Bonchev–Trinajstić information content (AvgIpc) is 2.43. The Morgan fingerprint density at radius 1 is 1.10 bits per heavy atom. The summed E-state index contributed by atoms with van der Waals surface area (Å²) in [6.07, 6.45) is 0. The summed E-state index contributed by atoms with van der Waals surface area (Å²) in [6, 6.07) is 13.2. The highest BCUT2D eigenvalue weighted by Gasteiger charge is 2.08. The van der Waals surface area contributed by atoms with Gasteiger partial charge >= 0.3 is 0 Å². The second-order valence-electron chi connectivity index (χ2n) is 5.31. The van der Waals surface area contributed by atoms with E-state index in [1.165, 1.54) is 5.56 Å². The topological polar surface area (TPSA) is 55.1 Å². The highest BCUT2D eigenvalue weighted by Crippen LogP contribution is 2.20. The zero-order chi connectivity index (χ0) is 14.7. The van der Waals surface area contributed by atoms with Crippen molar-refractivity contribution in [3.63, 3.8) is 0 Å². The Bertz CT molecular complexity index is 615. The zero-order valence-electron chi connectivity index (χ0n) is 12.1. The summed E-state index contributed by atoms with van der Waals surface area (Å²) < 4.78 is 0. The summed E-state index contributed by atoms with van der Waals surface area (Å²) in [5, 5.41) is 2.90. The molecule has 104 valence electrons. The van der Waals surface area contributed by atoms with Crippen LogP contribution in [0.2, 0.25) is 0 Å². The maximum Gasteiger partial charge on any atom is 0.255 e.